The zero-order valence-corrected chi connectivity index (χ0v) is 19.7. The fourth-order valence-electron chi connectivity index (χ4n) is 4.37. The highest BCUT2D eigenvalue weighted by Crippen LogP contribution is 2.25. The maximum atomic E-state index is 5.84. The number of hydrogen-bond acceptors (Lipinski definition) is 2. The van der Waals surface area contributed by atoms with E-state index in [4.69, 9.17) is 21.5 Å². The van der Waals surface area contributed by atoms with Crippen LogP contribution >= 0.6 is 0 Å². The molecule has 3 heteroatoms. The van der Waals surface area contributed by atoms with Crippen molar-refractivity contribution in [1.82, 2.24) is 0 Å². The summed E-state index contributed by atoms with van der Waals surface area (Å²) in [4.78, 5) is 0. The van der Waals surface area contributed by atoms with Crippen LogP contribution in [0.25, 0.3) is 0 Å². The average Bonchev–Trinajstić information content (AvgIpc) is 2.73. The molecule has 0 spiro atoms. The molecule has 2 nitrogen and oxygen atoms in total. The fraction of sp³-hybridized carbons (Fsp3) is 0.960. The Balaban J connectivity index is 1.77. The molecule has 1 rings (SSSR count). The second kappa shape index (κ2) is 20.0. The van der Waals surface area contributed by atoms with Gasteiger partial charge in [-0.3, -0.25) is 0 Å². The van der Waals surface area contributed by atoms with Gasteiger partial charge in [0, 0.05) is 6.42 Å². The summed E-state index contributed by atoms with van der Waals surface area (Å²) in [6.07, 6.45) is 28.7. The van der Waals surface area contributed by atoms with E-state index >= 15 is 0 Å². The van der Waals surface area contributed by atoms with Crippen LogP contribution in [0.3, 0.4) is 0 Å². The van der Waals surface area contributed by atoms with Gasteiger partial charge in [0.1, 0.15) is 5.92 Å². The summed E-state index contributed by atoms with van der Waals surface area (Å²) in [7, 11) is 0. The second-order valence-electron chi connectivity index (χ2n) is 8.89. The number of hydrogen-bond donors (Lipinski definition) is 0. The van der Waals surface area contributed by atoms with Crippen LogP contribution in [0.4, 0.5) is 0 Å². The lowest BCUT2D eigenvalue weighted by Crippen LogP contribution is -2.22. The highest BCUT2D eigenvalue weighted by molar-refractivity contribution is 7.50. The standard InChI is InChI=1S/C25H48O2S/c1-2-3-4-5-6-7-8-9-10-11-12-13-14-15-16-20-23-26-25(27-28)24-21-18-17-19-22-24/h24H,2-23H2,1H3. The molecule has 0 heterocycles. The Morgan fingerprint density at radius 2 is 1.11 bits per heavy atom. The highest BCUT2D eigenvalue weighted by atomic mass is 32.1. The predicted molar refractivity (Wildman–Crippen MR) is 124 cm³/mol. The summed E-state index contributed by atoms with van der Waals surface area (Å²) >= 11 is 4.81. The highest BCUT2D eigenvalue weighted by Gasteiger charge is 2.28. The Bertz CT molecular complexity index is 350. The van der Waals surface area contributed by atoms with E-state index in [1.54, 1.807) is 0 Å². The van der Waals surface area contributed by atoms with Crippen LogP contribution < -0.4 is 0 Å². The van der Waals surface area contributed by atoms with Gasteiger partial charge in [-0.15, -0.1) is 0 Å². The summed E-state index contributed by atoms with van der Waals surface area (Å²) < 4.78 is 10.9. The Morgan fingerprint density at radius 3 is 1.54 bits per heavy atom. The first-order valence-electron chi connectivity index (χ1n) is 12.7. The molecule has 0 amide bonds. The van der Waals surface area contributed by atoms with Gasteiger partial charge in [0.2, 0.25) is 0 Å². The molecular formula is C25H48O2S. The fourth-order valence-corrected chi connectivity index (χ4v) is 4.56. The van der Waals surface area contributed by atoms with Crippen LogP contribution in [0.15, 0.2) is 0 Å². The van der Waals surface area contributed by atoms with E-state index in [0.29, 0.717) is 5.92 Å². The van der Waals surface area contributed by atoms with Crippen molar-refractivity contribution in [1.29, 1.82) is 0 Å². The van der Waals surface area contributed by atoms with Gasteiger partial charge in [0.15, 0.2) is 6.61 Å². The number of esters is 1. The lowest BCUT2D eigenvalue weighted by atomic mass is 9.89. The molecule has 0 aromatic heterocycles. The molecule has 166 valence electrons. The molecule has 0 saturated heterocycles. The molecule has 0 radical (unpaired) electrons. The van der Waals surface area contributed by atoms with Crippen molar-refractivity contribution in [3.8, 4) is 0 Å². The third kappa shape index (κ3) is 14.7. The van der Waals surface area contributed by atoms with Crippen molar-refractivity contribution in [2.24, 2.45) is 5.92 Å². The van der Waals surface area contributed by atoms with E-state index < -0.39 is 0 Å². The first kappa shape index (κ1) is 25.7. The van der Waals surface area contributed by atoms with Crippen LogP contribution in [0, 0.1) is 5.92 Å². The minimum absolute atomic E-state index is 0.451. The van der Waals surface area contributed by atoms with Crippen molar-refractivity contribution in [3.05, 3.63) is 0 Å². The largest absolute Gasteiger partial charge is 0.471 e. The second-order valence-corrected chi connectivity index (χ2v) is 9.06. The van der Waals surface area contributed by atoms with Gasteiger partial charge in [-0.2, -0.15) is 0 Å². The summed E-state index contributed by atoms with van der Waals surface area (Å²) in [6.45, 7) is 3.07. The van der Waals surface area contributed by atoms with Crippen molar-refractivity contribution < 1.29 is 8.61 Å². The van der Waals surface area contributed by atoms with Gasteiger partial charge in [0.25, 0.3) is 0 Å². The molecule has 1 aliphatic rings. The van der Waals surface area contributed by atoms with E-state index in [1.807, 2.05) is 0 Å². The molecule has 0 N–H and O–H groups in total. The summed E-state index contributed by atoms with van der Waals surface area (Å²) in [5.41, 5.74) is 0. The molecule has 1 fully saturated rings. The summed E-state index contributed by atoms with van der Waals surface area (Å²) in [5.74, 6) is 1.18. The number of rotatable bonds is 18. The van der Waals surface area contributed by atoms with E-state index in [0.717, 1.165) is 19.0 Å². The topological polar surface area (TPSA) is 20.5 Å². The molecule has 0 aromatic rings. The maximum absolute atomic E-state index is 5.84. The Hall–Kier alpha value is -0.310. The minimum Gasteiger partial charge on any atom is -0.434 e. The monoisotopic (exact) mass is 412 g/mol. The summed E-state index contributed by atoms with van der Waals surface area (Å²) in [6, 6.07) is 0. The third-order valence-electron chi connectivity index (χ3n) is 6.26. The van der Waals surface area contributed by atoms with Gasteiger partial charge >= 0.3 is 5.97 Å². The lowest BCUT2D eigenvalue weighted by molar-refractivity contribution is -0.266. The van der Waals surface area contributed by atoms with E-state index in [9.17, 15) is 0 Å². The van der Waals surface area contributed by atoms with E-state index in [1.165, 1.54) is 128 Å². The van der Waals surface area contributed by atoms with Crippen molar-refractivity contribution in [3.63, 3.8) is 0 Å². The number of carbonyl (C=O) groups excluding carboxylic acids is 1. The molecule has 0 aromatic carbocycles. The van der Waals surface area contributed by atoms with Crippen LogP contribution in [-0.2, 0) is 21.5 Å². The average molecular weight is 413 g/mol. The molecule has 1 saturated carbocycles. The van der Waals surface area contributed by atoms with Gasteiger partial charge in [0.05, 0.1) is 0 Å². The van der Waals surface area contributed by atoms with Crippen LogP contribution in [0.1, 0.15) is 142 Å². The van der Waals surface area contributed by atoms with Crippen molar-refractivity contribution in [2.75, 3.05) is 6.61 Å². The first-order valence-corrected chi connectivity index (χ1v) is 13.0. The van der Waals surface area contributed by atoms with Gasteiger partial charge < -0.3 is 21.5 Å². The molecule has 0 atom stereocenters. The number of ether oxygens (including phenoxy) is 1. The van der Waals surface area contributed by atoms with Crippen molar-refractivity contribution >= 4 is 18.9 Å². The molecule has 0 bridgehead atoms. The molecule has 28 heavy (non-hydrogen) atoms. The minimum atomic E-state index is 0.451. The first-order chi connectivity index (χ1) is 13.9. The van der Waals surface area contributed by atoms with Crippen LogP contribution in [0.2, 0.25) is 0 Å². The van der Waals surface area contributed by atoms with Gasteiger partial charge in [-0.1, -0.05) is 116 Å². The zero-order chi connectivity index (χ0) is 20.1. The third-order valence-corrected chi connectivity index (χ3v) is 6.43. The Morgan fingerprint density at radius 1 is 0.679 bits per heavy atom. The van der Waals surface area contributed by atoms with Crippen LogP contribution in [-0.4, -0.2) is 12.6 Å². The molecule has 0 unspecified atom stereocenters. The maximum Gasteiger partial charge on any atom is 0.471 e. The lowest BCUT2D eigenvalue weighted by Gasteiger charge is -2.17. The SMILES string of the molecule is CCCCCCCCCCCCCCCCCCOC(=[O+][S-])C1CCCCC1. The molecule has 0 aliphatic heterocycles. The zero-order valence-electron chi connectivity index (χ0n) is 18.9. The van der Waals surface area contributed by atoms with Gasteiger partial charge in [-0.25, -0.2) is 0 Å². The predicted octanol–water partition coefficient (Wildman–Crippen LogP) is 8.37. The van der Waals surface area contributed by atoms with E-state index in [-0.39, 0.29) is 0 Å². The Labute approximate surface area is 181 Å². The van der Waals surface area contributed by atoms with Crippen LogP contribution in [0.5, 0.6) is 0 Å². The molecule has 1 aliphatic carbocycles. The normalized spacial score (nSPS) is 15.8. The smallest absolute Gasteiger partial charge is 0.434 e. The van der Waals surface area contributed by atoms with Crippen molar-refractivity contribution in [2.45, 2.75) is 142 Å². The van der Waals surface area contributed by atoms with Gasteiger partial charge in [-0.05, 0) is 19.3 Å². The van der Waals surface area contributed by atoms with E-state index in [2.05, 4.69) is 6.92 Å². The Kier molecular flexibility index (Phi) is 18.4. The molecular weight excluding hydrogens is 364 g/mol. The summed E-state index contributed by atoms with van der Waals surface area (Å²) in [5, 5.41) is 0. The quantitative estimate of drug-likeness (QED) is 0.0975. The number of unbranched alkanes of at least 4 members (excludes halogenated alkanes) is 15.